The minimum atomic E-state index is 0.939. The number of fused-ring (bicyclic) bond motifs is 2. The Labute approximate surface area is 305 Å². The molecule has 0 N–H and O–H groups in total. The van der Waals surface area contributed by atoms with Crippen LogP contribution >= 0.6 is 0 Å². The zero-order valence-corrected chi connectivity index (χ0v) is 28.3. The maximum atomic E-state index is 3.53. The summed E-state index contributed by atoms with van der Waals surface area (Å²) in [6, 6.07) is 61.8. The molecule has 8 aromatic rings. The van der Waals surface area contributed by atoms with Crippen molar-refractivity contribution in [2.24, 2.45) is 0 Å². The Kier molecular flexibility index (Phi) is 9.14. The highest BCUT2D eigenvalue weighted by molar-refractivity contribution is 6.11. The van der Waals surface area contributed by atoms with Gasteiger partial charge < -0.3 is 0 Å². The number of hydrogen-bond donors (Lipinski definition) is 0. The standard InChI is InChI=1S/C52H30/c1-5-15-39(16-6-1)27-31-43-35-37-45(33-29-41-19-9-3-10-20-41)51-47(43)23-13-25-49(51)50-26-14-24-48-44(32-28-40-17-7-2-8-18-40)36-38-46(52(48)50)34-30-42-21-11-4-12-22-42/h1-26,35-38H. The molecule has 8 aromatic carbocycles. The summed E-state index contributed by atoms with van der Waals surface area (Å²) in [6.45, 7) is 0. The summed E-state index contributed by atoms with van der Waals surface area (Å²) in [5.41, 5.74) is 9.79. The predicted octanol–water partition coefficient (Wildman–Crippen LogP) is 11.3. The van der Waals surface area contributed by atoms with Gasteiger partial charge in [0.05, 0.1) is 0 Å². The van der Waals surface area contributed by atoms with Gasteiger partial charge in [-0.3, -0.25) is 0 Å². The van der Waals surface area contributed by atoms with Crippen LogP contribution in [0.1, 0.15) is 44.5 Å². The van der Waals surface area contributed by atoms with Crippen molar-refractivity contribution < 1.29 is 0 Å². The van der Waals surface area contributed by atoms with E-state index in [1.807, 2.05) is 121 Å². The van der Waals surface area contributed by atoms with E-state index in [0.29, 0.717) is 0 Å². The van der Waals surface area contributed by atoms with E-state index in [1.165, 1.54) is 0 Å². The molecule has 0 bridgehead atoms. The van der Waals surface area contributed by atoms with Crippen molar-refractivity contribution in [1.82, 2.24) is 0 Å². The topological polar surface area (TPSA) is 0 Å². The van der Waals surface area contributed by atoms with Crippen LogP contribution in [0.2, 0.25) is 0 Å². The van der Waals surface area contributed by atoms with Crippen LogP contribution in [-0.4, -0.2) is 0 Å². The summed E-state index contributed by atoms with van der Waals surface area (Å²) < 4.78 is 0. The Balaban J connectivity index is 1.40. The average Bonchev–Trinajstić information content (AvgIpc) is 3.22. The third-order valence-corrected chi connectivity index (χ3v) is 8.83. The van der Waals surface area contributed by atoms with Crippen LogP contribution in [0.5, 0.6) is 0 Å². The Morgan fingerprint density at radius 3 is 0.827 bits per heavy atom. The molecule has 0 atom stereocenters. The van der Waals surface area contributed by atoms with E-state index in [-0.39, 0.29) is 0 Å². The Bertz CT molecular complexity index is 2620. The van der Waals surface area contributed by atoms with E-state index in [4.69, 9.17) is 0 Å². The summed E-state index contributed by atoms with van der Waals surface area (Å²) in [6.07, 6.45) is 0. The van der Waals surface area contributed by atoms with Gasteiger partial charge in [-0.1, -0.05) is 157 Å². The first-order valence-corrected chi connectivity index (χ1v) is 17.2. The van der Waals surface area contributed by atoms with Crippen molar-refractivity contribution in [3.8, 4) is 58.5 Å². The van der Waals surface area contributed by atoms with E-state index < -0.39 is 0 Å². The van der Waals surface area contributed by atoms with E-state index in [2.05, 4.69) is 108 Å². The molecule has 0 radical (unpaired) electrons. The summed E-state index contributed by atoms with van der Waals surface area (Å²) in [5, 5.41) is 4.21. The van der Waals surface area contributed by atoms with Gasteiger partial charge in [0.1, 0.15) is 0 Å². The fourth-order valence-electron chi connectivity index (χ4n) is 6.33. The molecule has 0 heteroatoms. The fraction of sp³-hybridized carbons (Fsp3) is 0. The highest BCUT2D eigenvalue weighted by Gasteiger charge is 2.16. The summed E-state index contributed by atoms with van der Waals surface area (Å²) in [7, 11) is 0. The molecule has 0 fully saturated rings. The second-order valence-electron chi connectivity index (χ2n) is 12.2. The predicted molar refractivity (Wildman–Crippen MR) is 217 cm³/mol. The van der Waals surface area contributed by atoms with E-state index in [1.54, 1.807) is 0 Å². The zero-order valence-electron chi connectivity index (χ0n) is 28.3. The van der Waals surface area contributed by atoms with Crippen molar-refractivity contribution in [3.63, 3.8) is 0 Å². The molecule has 0 saturated carbocycles. The van der Waals surface area contributed by atoms with Crippen LogP contribution in [0.25, 0.3) is 32.7 Å². The molecule has 0 aromatic heterocycles. The van der Waals surface area contributed by atoms with Gasteiger partial charge in [0.25, 0.3) is 0 Å². The monoisotopic (exact) mass is 654 g/mol. The molecule has 238 valence electrons. The second-order valence-corrected chi connectivity index (χ2v) is 12.2. The molecule has 0 amide bonds. The Morgan fingerprint density at radius 1 is 0.212 bits per heavy atom. The smallest absolute Gasteiger partial charge is 0.0334 e. The van der Waals surface area contributed by atoms with Gasteiger partial charge in [-0.15, -0.1) is 0 Å². The van der Waals surface area contributed by atoms with Gasteiger partial charge in [0, 0.05) is 55.3 Å². The van der Waals surface area contributed by atoms with Crippen LogP contribution in [0.15, 0.2) is 182 Å². The van der Waals surface area contributed by atoms with Crippen molar-refractivity contribution in [2.45, 2.75) is 0 Å². The molecule has 0 unspecified atom stereocenters. The first kappa shape index (κ1) is 31.8. The lowest BCUT2D eigenvalue weighted by Gasteiger charge is -2.15. The quantitative estimate of drug-likeness (QED) is 0.155. The lowest BCUT2D eigenvalue weighted by molar-refractivity contribution is 1.61. The van der Waals surface area contributed by atoms with Crippen molar-refractivity contribution >= 4 is 21.5 Å². The number of benzene rings is 8. The normalized spacial score (nSPS) is 10.1. The summed E-state index contributed by atoms with van der Waals surface area (Å²) in [4.78, 5) is 0. The lowest BCUT2D eigenvalue weighted by atomic mass is 9.87. The van der Waals surface area contributed by atoms with Crippen molar-refractivity contribution in [2.75, 3.05) is 0 Å². The Morgan fingerprint density at radius 2 is 0.500 bits per heavy atom. The molecule has 0 heterocycles. The van der Waals surface area contributed by atoms with E-state index in [9.17, 15) is 0 Å². The minimum absolute atomic E-state index is 0.939. The number of rotatable bonds is 1. The van der Waals surface area contributed by atoms with Crippen LogP contribution in [0.3, 0.4) is 0 Å². The van der Waals surface area contributed by atoms with Crippen molar-refractivity contribution in [1.29, 1.82) is 0 Å². The van der Waals surface area contributed by atoms with Gasteiger partial charge >= 0.3 is 0 Å². The second kappa shape index (κ2) is 15.0. The SMILES string of the molecule is C(#Cc1ccc(C#Cc2ccccc2)c2c(-c3cccc4c(C#Cc5ccccc5)ccc(C#Cc5ccccc5)c34)cccc12)c1ccccc1. The molecule has 0 spiro atoms. The van der Waals surface area contributed by atoms with Crippen LogP contribution in [0, 0.1) is 47.4 Å². The maximum Gasteiger partial charge on any atom is 0.0334 e. The molecular weight excluding hydrogens is 625 g/mol. The minimum Gasteiger partial charge on any atom is -0.0622 e. The first-order chi connectivity index (χ1) is 25.8. The number of hydrogen-bond acceptors (Lipinski definition) is 0. The first-order valence-electron chi connectivity index (χ1n) is 17.2. The molecule has 0 saturated heterocycles. The van der Waals surface area contributed by atoms with Crippen molar-refractivity contribution in [3.05, 3.63) is 226 Å². The van der Waals surface area contributed by atoms with Gasteiger partial charge in [-0.25, -0.2) is 0 Å². The average molecular weight is 655 g/mol. The molecule has 0 aliphatic carbocycles. The molecule has 8 rings (SSSR count). The summed E-state index contributed by atoms with van der Waals surface area (Å²) >= 11 is 0. The molecule has 52 heavy (non-hydrogen) atoms. The molecule has 0 nitrogen and oxygen atoms in total. The third kappa shape index (κ3) is 6.97. The Hall–Kier alpha value is -7.48. The fourth-order valence-corrected chi connectivity index (χ4v) is 6.33. The molecule has 0 aliphatic heterocycles. The highest BCUT2D eigenvalue weighted by Crippen LogP contribution is 2.39. The van der Waals surface area contributed by atoms with Crippen LogP contribution < -0.4 is 0 Å². The van der Waals surface area contributed by atoms with Gasteiger partial charge in [0.2, 0.25) is 0 Å². The van der Waals surface area contributed by atoms with Gasteiger partial charge in [0.15, 0.2) is 0 Å². The maximum absolute atomic E-state index is 3.53. The molecule has 0 aliphatic rings. The van der Waals surface area contributed by atoms with Crippen LogP contribution in [-0.2, 0) is 0 Å². The third-order valence-electron chi connectivity index (χ3n) is 8.83. The van der Waals surface area contributed by atoms with Gasteiger partial charge in [-0.2, -0.15) is 0 Å². The highest BCUT2D eigenvalue weighted by atomic mass is 14.2. The summed E-state index contributed by atoms with van der Waals surface area (Å²) in [5.74, 6) is 27.6. The molecular formula is C52H30. The lowest BCUT2D eigenvalue weighted by Crippen LogP contribution is -1.93. The largest absolute Gasteiger partial charge is 0.0622 e. The zero-order chi connectivity index (χ0) is 35.0. The van der Waals surface area contributed by atoms with E-state index >= 15 is 0 Å². The van der Waals surface area contributed by atoms with Crippen LogP contribution in [0.4, 0.5) is 0 Å². The van der Waals surface area contributed by atoms with Gasteiger partial charge in [-0.05, 0) is 94.7 Å². The van der Waals surface area contributed by atoms with E-state index in [0.717, 1.165) is 77.2 Å².